The maximum atomic E-state index is 3.82. The molecule has 0 radical (unpaired) electrons. The fourth-order valence-electron chi connectivity index (χ4n) is 0.284. The van der Waals surface area contributed by atoms with E-state index in [2.05, 4.69) is 16.7 Å². The molecule has 0 spiro atoms. The van der Waals surface area contributed by atoms with Gasteiger partial charge in [0.15, 0.2) is 5.82 Å². The lowest BCUT2D eigenvalue weighted by molar-refractivity contribution is 1.36. The summed E-state index contributed by atoms with van der Waals surface area (Å²) in [7, 11) is 0. The van der Waals surface area contributed by atoms with Crippen LogP contribution in [0.4, 0.5) is 5.82 Å². The van der Waals surface area contributed by atoms with Gasteiger partial charge in [0.1, 0.15) is 0 Å². The number of hydrogen-bond acceptors (Lipinski definition) is 3. The van der Waals surface area contributed by atoms with Crippen molar-refractivity contribution in [3.8, 4) is 0 Å². The molecule has 2 nitrogen and oxygen atoms in total. The highest BCUT2D eigenvalue weighted by molar-refractivity contribution is 7.07. The summed E-state index contributed by atoms with van der Waals surface area (Å²) in [5, 5.41) is 1.84. The Kier molecular flexibility index (Phi) is 1.17. The van der Waals surface area contributed by atoms with Crippen molar-refractivity contribution in [3.05, 3.63) is 10.9 Å². The molecule has 0 aromatic carbocycles. The molecule has 1 aromatic heterocycles. The average Bonchev–Trinajstić information content (AvgIpc) is 2.14. The van der Waals surface area contributed by atoms with Gasteiger partial charge in [0.25, 0.3) is 0 Å². The summed E-state index contributed by atoms with van der Waals surface area (Å²) >= 11 is 1.52. The molecular formula is C4H4N2S. The van der Waals surface area contributed by atoms with Crippen molar-refractivity contribution in [3.63, 3.8) is 0 Å². The van der Waals surface area contributed by atoms with E-state index in [1.165, 1.54) is 11.3 Å². The van der Waals surface area contributed by atoms with E-state index in [1.54, 1.807) is 5.51 Å². The molecule has 0 atom stereocenters. The lowest BCUT2D eigenvalue weighted by Gasteiger charge is -1.70. The molecule has 0 aliphatic carbocycles. The first-order valence-electron chi connectivity index (χ1n) is 1.78. The summed E-state index contributed by atoms with van der Waals surface area (Å²) in [6.45, 7) is 3.30. The van der Waals surface area contributed by atoms with Crippen LogP contribution in [0.15, 0.2) is 15.9 Å². The first-order chi connectivity index (χ1) is 3.43. The van der Waals surface area contributed by atoms with Gasteiger partial charge in [-0.3, -0.25) is 0 Å². The van der Waals surface area contributed by atoms with E-state index in [0.717, 1.165) is 0 Å². The molecule has 0 amide bonds. The highest BCUT2D eigenvalue weighted by Gasteiger charge is 1.81. The normalized spacial score (nSPS) is 8.57. The van der Waals surface area contributed by atoms with Gasteiger partial charge >= 0.3 is 0 Å². The zero-order chi connectivity index (χ0) is 5.11. The Labute approximate surface area is 45.6 Å². The van der Waals surface area contributed by atoms with E-state index in [1.807, 2.05) is 5.38 Å². The summed E-state index contributed by atoms with van der Waals surface area (Å²) in [5.74, 6) is 0.713. The molecule has 0 aliphatic heterocycles. The number of aromatic nitrogens is 1. The zero-order valence-corrected chi connectivity index (χ0v) is 4.48. The molecule has 1 aromatic rings. The van der Waals surface area contributed by atoms with Gasteiger partial charge < -0.3 is 0 Å². The maximum absolute atomic E-state index is 3.82. The highest BCUT2D eigenvalue weighted by Crippen LogP contribution is 2.08. The summed E-state index contributed by atoms with van der Waals surface area (Å²) in [6.07, 6.45) is 0. The number of rotatable bonds is 1. The van der Waals surface area contributed by atoms with E-state index in [9.17, 15) is 0 Å². The molecule has 1 rings (SSSR count). The Balaban J connectivity index is 2.96. The van der Waals surface area contributed by atoms with Gasteiger partial charge in [-0.05, 0) is 6.72 Å². The predicted octanol–water partition coefficient (Wildman–Crippen LogP) is 1.48. The molecule has 0 aliphatic rings. The third-order valence-electron chi connectivity index (χ3n) is 0.581. The minimum absolute atomic E-state index is 0.713. The van der Waals surface area contributed by atoms with Gasteiger partial charge in [0.05, 0.1) is 5.51 Å². The van der Waals surface area contributed by atoms with Crippen molar-refractivity contribution < 1.29 is 0 Å². The van der Waals surface area contributed by atoms with Gasteiger partial charge in [-0.2, -0.15) is 0 Å². The molecule has 0 unspecified atom stereocenters. The van der Waals surface area contributed by atoms with Crippen LogP contribution < -0.4 is 0 Å². The second-order valence-corrected chi connectivity index (χ2v) is 1.72. The van der Waals surface area contributed by atoms with E-state index in [0.29, 0.717) is 5.82 Å². The minimum Gasteiger partial charge on any atom is -0.244 e. The van der Waals surface area contributed by atoms with E-state index in [-0.39, 0.29) is 0 Å². The molecule has 0 fully saturated rings. The number of nitrogens with zero attached hydrogens (tertiary/aromatic N) is 2. The van der Waals surface area contributed by atoms with E-state index < -0.39 is 0 Å². The lowest BCUT2D eigenvalue weighted by atomic mass is 10.8. The Hall–Kier alpha value is -0.700. The highest BCUT2D eigenvalue weighted by atomic mass is 32.1. The molecule has 0 saturated carbocycles. The Morgan fingerprint density at radius 2 is 2.71 bits per heavy atom. The Morgan fingerprint density at radius 3 is 3.00 bits per heavy atom. The van der Waals surface area contributed by atoms with Crippen LogP contribution >= 0.6 is 11.3 Å². The van der Waals surface area contributed by atoms with Crippen molar-refractivity contribution >= 4 is 23.9 Å². The van der Waals surface area contributed by atoms with Crippen LogP contribution in [0.5, 0.6) is 0 Å². The minimum atomic E-state index is 0.713. The van der Waals surface area contributed by atoms with Crippen molar-refractivity contribution in [1.82, 2.24) is 4.98 Å². The van der Waals surface area contributed by atoms with Crippen molar-refractivity contribution in [1.29, 1.82) is 0 Å². The largest absolute Gasteiger partial charge is 0.244 e. The molecule has 3 heteroatoms. The van der Waals surface area contributed by atoms with Gasteiger partial charge in [0, 0.05) is 5.38 Å². The third-order valence-corrected chi connectivity index (χ3v) is 1.16. The van der Waals surface area contributed by atoms with Gasteiger partial charge in [-0.25, -0.2) is 9.98 Å². The topological polar surface area (TPSA) is 25.2 Å². The molecule has 0 saturated heterocycles. The summed E-state index contributed by atoms with van der Waals surface area (Å²) in [4.78, 5) is 7.40. The lowest BCUT2D eigenvalue weighted by Crippen LogP contribution is -1.52. The van der Waals surface area contributed by atoms with E-state index in [4.69, 9.17) is 0 Å². The molecule has 0 N–H and O–H groups in total. The zero-order valence-electron chi connectivity index (χ0n) is 3.66. The first-order valence-corrected chi connectivity index (χ1v) is 2.72. The number of hydrogen-bond donors (Lipinski definition) is 0. The van der Waals surface area contributed by atoms with Crippen LogP contribution in [0.1, 0.15) is 0 Å². The van der Waals surface area contributed by atoms with Crippen molar-refractivity contribution in [2.45, 2.75) is 0 Å². The molecule has 7 heavy (non-hydrogen) atoms. The number of aliphatic imine (C=N–C) groups is 1. The molecular weight excluding hydrogens is 108 g/mol. The smallest absolute Gasteiger partial charge is 0.162 e. The molecule has 1 heterocycles. The van der Waals surface area contributed by atoms with Crippen LogP contribution in [0.2, 0.25) is 0 Å². The SMILES string of the molecule is C=Nc1cscn1. The molecule has 0 bridgehead atoms. The van der Waals surface area contributed by atoms with Crippen LogP contribution in [0.3, 0.4) is 0 Å². The second kappa shape index (κ2) is 1.84. The summed E-state index contributed by atoms with van der Waals surface area (Å²) in [6, 6.07) is 0. The van der Waals surface area contributed by atoms with E-state index >= 15 is 0 Å². The van der Waals surface area contributed by atoms with Gasteiger partial charge in [0.2, 0.25) is 0 Å². The van der Waals surface area contributed by atoms with Crippen molar-refractivity contribution in [2.75, 3.05) is 0 Å². The van der Waals surface area contributed by atoms with Gasteiger partial charge in [-0.15, -0.1) is 11.3 Å². The fourth-order valence-corrected chi connectivity index (χ4v) is 0.771. The number of thiazole rings is 1. The first kappa shape index (κ1) is 4.46. The van der Waals surface area contributed by atoms with Crippen molar-refractivity contribution in [2.24, 2.45) is 4.99 Å². The van der Waals surface area contributed by atoms with Crippen LogP contribution in [0, 0.1) is 0 Å². The standard InChI is InChI=1S/C4H4N2S/c1-5-4-2-7-3-6-4/h2-3H,1H2. The second-order valence-electron chi connectivity index (χ2n) is 1.00. The monoisotopic (exact) mass is 112 g/mol. The van der Waals surface area contributed by atoms with Gasteiger partial charge in [-0.1, -0.05) is 0 Å². The fraction of sp³-hybridized carbons (Fsp3) is 0. The maximum Gasteiger partial charge on any atom is 0.162 e. The summed E-state index contributed by atoms with van der Waals surface area (Å²) < 4.78 is 0. The summed E-state index contributed by atoms with van der Waals surface area (Å²) in [5.41, 5.74) is 1.73. The Morgan fingerprint density at radius 1 is 1.86 bits per heavy atom. The van der Waals surface area contributed by atoms with Crippen LogP contribution in [-0.2, 0) is 0 Å². The third kappa shape index (κ3) is 0.838. The van der Waals surface area contributed by atoms with Crippen LogP contribution in [-0.4, -0.2) is 11.7 Å². The quantitative estimate of drug-likeness (QED) is 0.505. The van der Waals surface area contributed by atoms with Crippen LogP contribution in [0.25, 0.3) is 0 Å². The molecule has 36 valence electrons. The predicted molar refractivity (Wildman–Crippen MR) is 31.3 cm³/mol. The Bertz CT molecular complexity index is 145. The average molecular weight is 112 g/mol.